The van der Waals surface area contributed by atoms with E-state index in [-0.39, 0.29) is 0 Å². The Morgan fingerprint density at radius 3 is 2.22 bits per heavy atom. The summed E-state index contributed by atoms with van der Waals surface area (Å²) in [5, 5.41) is 65.4. The molecule has 1 aliphatic heterocycles. The zero-order chi connectivity index (χ0) is 14.3. The van der Waals surface area contributed by atoms with Crippen LogP contribution < -0.4 is 0 Å². The van der Waals surface area contributed by atoms with Crippen molar-refractivity contribution in [3.05, 3.63) is 0 Å². The third-order valence-electron chi connectivity index (χ3n) is 2.99. The molecule has 0 aliphatic carbocycles. The fourth-order valence-corrected chi connectivity index (χ4v) is 1.69. The summed E-state index contributed by atoms with van der Waals surface area (Å²) in [7, 11) is 0. The van der Waals surface area contributed by atoms with Crippen molar-refractivity contribution in [1.82, 2.24) is 0 Å². The number of carbonyl (C=O) groups is 1. The summed E-state index contributed by atoms with van der Waals surface area (Å²) in [5.41, 5.74) is -2.64. The molecule has 0 radical (unpaired) electrons. The van der Waals surface area contributed by atoms with Crippen molar-refractivity contribution in [3.63, 3.8) is 0 Å². The molecule has 0 aromatic carbocycles. The number of hydrogen-bond donors (Lipinski definition) is 7. The van der Waals surface area contributed by atoms with Gasteiger partial charge in [0.15, 0.2) is 5.60 Å². The van der Waals surface area contributed by atoms with Crippen LogP contribution in [-0.2, 0) is 9.53 Å². The van der Waals surface area contributed by atoms with E-state index in [1.165, 1.54) is 0 Å². The van der Waals surface area contributed by atoms with Gasteiger partial charge in [-0.05, 0) is 6.92 Å². The number of aliphatic carboxylic acids is 1. The molecule has 0 amide bonds. The van der Waals surface area contributed by atoms with Crippen LogP contribution in [0.1, 0.15) is 6.92 Å². The van der Waals surface area contributed by atoms with Crippen LogP contribution in [0.3, 0.4) is 0 Å². The predicted molar refractivity (Wildman–Crippen MR) is 53.2 cm³/mol. The lowest BCUT2D eigenvalue weighted by atomic mass is 9.85. The summed E-state index contributed by atoms with van der Waals surface area (Å²) >= 11 is 0. The zero-order valence-corrected chi connectivity index (χ0v) is 9.46. The fourth-order valence-electron chi connectivity index (χ4n) is 1.69. The highest BCUT2D eigenvalue weighted by atomic mass is 16.7. The molecule has 0 aromatic heterocycles. The van der Waals surface area contributed by atoms with E-state index in [0.717, 1.165) is 6.92 Å². The van der Waals surface area contributed by atoms with E-state index >= 15 is 0 Å². The average molecular weight is 268 g/mol. The minimum atomic E-state index is -2.68. The molecule has 1 saturated heterocycles. The Bertz CT molecular complexity index is 330. The van der Waals surface area contributed by atoms with Crippen LogP contribution in [0.2, 0.25) is 0 Å². The molecule has 1 rings (SSSR count). The van der Waals surface area contributed by atoms with Gasteiger partial charge >= 0.3 is 5.97 Å². The van der Waals surface area contributed by atoms with Gasteiger partial charge in [-0.15, -0.1) is 0 Å². The predicted octanol–water partition coefficient (Wildman–Crippen LogP) is -4.02. The molecule has 106 valence electrons. The third-order valence-corrected chi connectivity index (χ3v) is 2.99. The van der Waals surface area contributed by atoms with Crippen molar-refractivity contribution < 1.29 is 45.3 Å². The lowest BCUT2D eigenvalue weighted by Crippen LogP contribution is -2.71. The normalized spacial score (nSPS) is 44.4. The highest BCUT2D eigenvalue weighted by molar-refractivity contribution is 5.77. The number of rotatable bonds is 3. The lowest BCUT2D eigenvalue weighted by molar-refractivity contribution is -0.371. The SMILES string of the molecule is CC(O)(C(=O)O)C1O[C@@](O)(CO)[C@@H](O)[C@H](O)[C@@H]1O. The Kier molecular flexibility index (Phi) is 3.98. The van der Waals surface area contributed by atoms with Gasteiger partial charge < -0.3 is 40.5 Å². The molecule has 0 spiro atoms. The van der Waals surface area contributed by atoms with Crippen molar-refractivity contribution in [2.75, 3.05) is 6.61 Å². The minimum Gasteiger partial charge on any atom is -0.479 e. The number of hydrogen-bond acceptors (Lipinski definition) is 8. The Morgan fingerprint density at radius 1 is 1.33 bits per heavy atom. The summed E-state index contributed by atoms with van der Waals surface area (Å²) in [4.78, 5) is 10.8. The highest BCUT2D eigenvalue weighted by Crippen LogP contribution is 2.33. The third kappa shape index (κ3) is 2.21. The van der Waals surface area contributed by atoms with Crippen LogP contribution >= 0.6 is 0 Å². The second-order valence-electron chi connectivity index (χ2n) is 4.42. The molecule has 0 saturated carbocycles. The van der Waals surface area contributed by atoms with Gasteiger partial charge in [-0.2, -0.15) is 0 Å². The van der Waals surface area contributed by atoms with E-state index in [1.54, 1.807) is 0 Å². The molecular weight excluding hydrogens is 252 g/mol. The van der Waals surface area contributed by atoms with Crippen LogP contribution in [0.4, 0.5) is 0 Å². The van der Waals surface area contributed by atoms with E-state index in [4.69, 9.17) is 10.2 Å². The molecular formula is C9H16O9. The van der Waals surface area contributed by atoms with Crippen molar-refractivity contribution in [3.8, 4) is 0 Å². The van der Waals surface area contributed by atoms with Crippen molar-refractivity contribution in [1.29, 1.82) is 0 Å². The highest BCUT2D eigenvalue weighted by Gasteiger charge is 2.59. The smallest absolute Gasteiger partial charge is 0.338 e. The quantitative estimate of drug-likeness (QED) is 0.269. The maximum Gasteiger partial charge on any atom is 0.338 e. The van der Waals surface area contributed by atoms with Gasteiger partial charge in [-0.3, -0.25) is 0 Å². The molecule has 7 N–H and O–H groups in total. The first kappa shape index (κ1) is 15.2. The van der Waals surface area contributed by atoms with E-state index in [2.05, 4.69) is 4.74 Å². The Hall–Kier alpha value is -0.810. The number of aliphatic hydroxyl groups excluding tert-OH is 4. The van der Waals surface area contributed by atoms with Crippen LogP contribution in [0.25, 0.3) is 0 Å². The van der Waals surface area contributed by atoms with Crippen molar-refractivity contribution in [2.45, 2.75) is 42.7 Å². The topological polar surface area (TPSA) is 168 Å². The molecule has 0 aromatic rings. The molecule has 6 atom stereocenters. The van der Waals surface area contributed by atoms with Gasteiger partial charge in [0, 0.05) is 0 Å². The molecule has 9 nitrogen and oxygen atoms in total. The van der Waals surface area contributed by atoms with Crippen molar-refractivity contribution >= 4 is 5.97 Å². The average Bonchev–Trinajstić information content (AvgIpc) is 2.30. The second kappa shape index (κ2) is 4.70. The number of ether oxygens (including phenoxy) is 1. The Morgan fingerprint density at radius 2 is 1.83 bits per heavy atom. The number of carboxylic acids is 1. The summed E-state index contributed by atoms with van der Waals surface area (Å²) in [6.45, 7) is -0.379. The van der Waals surface area contributed by atoms with Crippen molar-refractivity contribution in [2.24, 2.45) is 0 Å². The summed E-state index contributed by atoms with van der Waals surface area (Å²) in [6, 6.07) is 0. The Balaban J connectivity index is 3.11. The molecule has 9 heteroatoms. The van der Waals surface area contributed by atoms with Gasteiger partial charge in [0.1, 0.15) is 24.4 Å². The minimum absolute atomic E-state index is 0.783. The Labute approximate surface area is 101 Å². The van der Waals surface area contributed by atoms with E-state index in [0.29, 0.717) is 0 Å². The standard InChI is InChI=1S/C9H16O9/c1-8(16,7(14)15)6-4(12)3(11)5(13)9(17,2-10)18-6/h3-6,10-13,16-17H,2H2,1H3,(H,14,15)/t3-,4+,5+,6?,8?,9+/m1/s1. The fraction of sp³-hybridized carbons (Fsp3) is 0.889. The number of carboxylic acid groups (broad SMARTS) is 1. The van der Waals surface area contributed by atoms with Crippen LogP contribution in [0, 0.1) is 0 Å². The summed E-state index contributed by atoms with van der Waals surface area (Å²) in [5.74, 6) is -4.45. The van der Waals surface area contributed by atoms with E-state index < -0.39 is 48.4 Å². The van der Waals surface area contributed by atoms with Crippen LogP contribution in [-0.4, -0.2) is 84.1 Å². The monoisotopic (exact) mass is 268 g/mol. The van der Waals surface area contributed by atoms with Gasteiger partial charge in [-0.25, -0.2) is 4.79 Å². The van der Waals surface area contributed by atoms with Gasteiger partial charge in [-0.1, -0.05) is 0 Å². The molecule has 2 unspecified atom stereocenters. The summed E-state index contributed by atoms with van der Waals surface area (Å²) < 4.78 is 4.66. The van der Waals surface area contributed by atoms with Gasteiger partial charge in [0.2, 0.25) is 5.79 Å². The molecule has 1 aliphatic rings. The second-order valence-corrected chi connectivity index (χ2v) is 4.42. The maximum absolute atomic E-state index is 10.8. The van der Waals surface area contributed by atoms with Gasteiger partial charge in [0.25, 0.3) is 0 Å². The first-order chi connectivity index (χ1) is 8.08. The summed E-state index contributed by atoms with van der Waals surface area (Å²) in [6.07, 6.45) is -7.95. The van der Waals surface area contributed by atoms with E-state index in [9.17, 15) is 30.3 Å². The molecule has 1 fully saturated rings. The first-order valence-corrected chi connectivity index (χ1v) is 5.09. The van der Waals surface area contributed by atoms with E-state index in [1.807, 2.05) is 0 Å². The maximum atomic E-state index is 10.8. The van der Waals surface area contributed by atoms with Gasteiger partial charge in [0.05, 0.1) is 6.61 Å². The molecule has 18 heavy (non-hydrogen) atoms. The lowest BCUT2D eigenvalue weighted by Gasteiger charge is -2.47. The largest absolute Gasteiger partial charge is 0.479 e. The molecule has 1 heterocycles. The molecule has 0 bridgehead atoms. The first-order valence-electron chi connectivity index (χ1n) is 5.09. The number of aliphatic hydroxyl groups is 6. The van der Waals surface area contributed by atoms with Crippen LogP contribution in [0.5, 0.6) is 0 Å². The van der Waals surface area contributed by atoms with Crippen LogP contribution in [0.15, 0.2) is 0 Å². The zero-order valence-electron chi connectivity index (χ0n) is 9.46.